The SMILES string of the molecule is CN(C)C(=O)CN1C(=O)CNC1=O. The van der Waals surface area contributed by atoms with Gasteiger partial charge in [-0.25, -0.2) is 4.79 Å². The van der Waals surface area contributed by atoms with Gasteiger partial charge in [-0.15, -0.1) is 0 Å². The van der Waals surface area contributed by atoms with Gasteiger partial charge in [-0.1, -0.05) is 0 Å². The minimum atomic E-state index is -0.500. The lowest BCUT2D eigenvalue weighted by molar-refractivity contribution is -0.134. The average molecular weight is 185 g/mol. The maximum atomic E-state index is 11.1. The molecule has 0 aromatic carbocycles. The van der Waals surface area contributed by atoms with Crippen molar-refractivity contribution in [3.63, 3.8) is 0 Å². The Hall–Kier alpha value is -1.59. The lowest BCUT2D eigenvalue weighted by atomic mass is 10.4. The van der Waals surface area contributed by atoms with Gasteiger partial charge in [-0.2, -0.15) is 0 Å². The van der Waals surface area contributed by atoms with Crippen molar-refractivity contribution in [1.82, 2.24) is 15.1 Å². The van der Waals surface area contributed by atoms with Crippen LogP contribution in [0, 0.1) is 0 Å². The highest BCUT2D eigenvalue weighted by molar-refractivity contribution is 6.04. The predicted octanol–water partition coefficient (Wildman–Crippen LogP) is -1.37. The van der Waals surface area contributed by atoms with Gasteiger partial charge in [0.05, 0.1) is 6.54 Å². The summed E-state index contributed by atoms with van der Waals surface area (Å²) < 4.78 is 0. The molecule has 1 heterocycles. The number of hydrogen-bond donors (Lipinski definition) is 1. The molecule has 6 heteroatoms. The molecule has 1 N–H and O–H groups in total. The molecule has 0 aromatic heterocycles. The number of carbonyl (C=O) groups is 3. The molecule has 72 valence electrons. The van der Waals surface area contributed by atoms with Crippen LogP contribution in [0.3, 0.4) is 0 Å². The maximum Gasteiger partial charge on any atom is 0.325 e. The third-order valence-electron chi connectivity index (χ3n) is 1.73. The van der Waals surface area contributed by atoms with E-state index in [9.17, 15) is 14.4 Å². The first-order valence-corrected chi connectivity index (χ1v) is 3.80. The van der Waals surface area contributed by atoms with Crippen LogP contribution >= 0.6 is 0 Å². The molecule has 0 spiro atoms. The van der Waals surface area contributed by atoms with Gasteiger partial charge in [0.2, 0.25) is 5.91 Å². The van der Waals surface area contributed by atoms with Gasteiger partial charge < -0.3 is 10.2 Å². The molecule has 0 aromatic rings. The molecule has 1 aliphatic rings. The topological polar surface area (TPSA) is 69.7 Å². The van der Waals surface area contributed by atoms with Crippen LogP contribution in [0.25, 0.3) is 0 Å². The second-order valence-electron chi connectivity index (χ2n) is 2.93. The Morgan fingerprint density at radius 2 is 2.15 bits per heavy atom. The maximum absolute atomic E-state index is 11.1. The van der Waals surface area contributed by atoms with Crippen molar-refractivity contribution in [2.75, 3.05) is 27.2 Å². The van der Waals surface area contributed by atoms with Gasteiger partial charge in [-0.05, 0) is 0 Å². The Balaban J connectivity index is 2.58. The quantitative estimate of drug-likeness (QED) is 0.539. The number of nitrogens with one attached hydrogen (secondary N) is 1. The van der Waals surface area contributed by atoms with Crippen molar-refractivity contribution >= 4 is 17.8 Å². The zero-order valence-electron chi connectivity index (χ0n) is 7.53. The minimum absolute atomic E-state index is 0.0143. The summed E-state index contributed by atoms with van der Waals surface area (Å²) in [5.74, 6) is -0.634. The normalized spacial score (nSPS) is 16.0. The summed E-state index contributed by atoms with van der Waals surface area (Å²) in [5, 5.41) is 2.33. The summed E-state index contributed by atoms with van der Waals surface area (Å²) in [6.07, 6.45) is 0. The van der Waals surface area contributed by atoms with Gasteiger partial charge in [-0.3, -0.25) is 14.5 Å². The number of rotatable bonds is 2. The molecular weight excluding hydrogens is 174 g/mol. The fourth-order valence-electron chi connectivity index (χ4n) is 0.892. The molecule has 0 radical (unpaired) electrons. The van der Waals surface area contributed by atoms with E-state index in [1.807, 2.05) is 0 Å². The first-order valence-electron chi connectivity index (χ1n) is 3.80. The second kappa shape index (κ2) is 3.42. The fraction of sp³-hybridized carbons (Fsp3) is 0.571. The van der Waals surface area contributed by atoms with E-state index >= 15 is 0 Å². The Kier molecular flexibility index (Phi) is 2.50. The summed E-state index contributed by atoms with van der Waals surface area (Å²) in [4.78, 5) is 35.4. The third kappa shape index (κ3) is 1.95. The molecule has 13 heavy (non-hydrogen) atoms. The fourth-order valence-corrected chi connectivity index (χ4v) is 0.892. The first kappa shape index (κ1) is 9.50. The van der Waals surface area contributed by atoms with Crippen molar-refractivity contribution in [3.8, 4) is 0 Å². The van der Waals surface area contributed by atoms with E-state index in [2.05, 4.69) is 5.32 Å². The van der Waals surface area contributed by atoms with Crippen LogP contribution < -0.4 is 5.32 Å². The second-order valence-corrected chi connectivity index (χ2v) is 2.93. The largest absolute Gasteiger partial charge is 0.347 e. The highest BCUT2D eigenvalue weighted by Gasteiger charge is 2.30. The Bertz CT molecular complexity index is 246. The van der Waals surface area contributed by atoms with E-state index in [0.29, 0.717) is 0 Å². The van der Waals surface area contributed by atoms with Crippen molar-refractivity contribution in [3.05, 3.63) is 0 Å². The monoisotopic (exact) mass is 185 g/mol. The van der Waals surface area contributed by atoms with Gasteiger partial charge in [0.15, 0.2) is 0 Å². The van der Waals surface area contributed by atoms with Crippen molar-refractivity contribution in [2.24, 2.45) is 0 Å². The van der Waals surface area contributed by atoms with E-state index in [0.717, 1.165) is 4.90 Å². The summed E-state index contributed by atoms with van der Waals surface area (Å²) in [6.45, 7) is -0.197. The van der Waals surface area contributed by atoms with Crippen LogP contribution in [0.4, 0.5) is 4.79 Å². The molecule has 0 bridgehead atoms. The van der Waals surface area contributed by atoms with Crippen molar-refractivity contribution in [2.45, 2.75) is 0 Å². The van der Waals surface area contributed by atoms with Crippen LogP contribution in [-0.4, -0.2) is 54.8 Å². The van der Waals surface area contributed by atoms with Crippen molar-refractivity contribution < 1.29 is 14.4 Å². The number of urea groups is 1. The van der Waals surface area contributed by atoms with E-state index in [1.54, 1.807) is 14.1 Å². The molecule has 6 nitrogen and oxygen atoms in total. The number of nitrogens with zero attached hydrogens (tertiary/aromatic N) is 2. The Morgan fingerprint density at radius 3 is 2.54 bits per heavy atom. The number of hydrogen-bond acceptors (Lipinski definition) is 3. The van der Waals surface area contributed by atoms with Gasteiger partial charge >= 0.3 is 6.03 Å². The molecule has 0 aliphatic carbocycles. The van der Waals surface area contributed by atoms with Crippen molar-refractivity contribution in [1.29, 1.82) is 0 Å². The summed E-state index contributed by atoms with van der Waals surface area (Å²) >= 11 is 0. The van der Waals surface area contributed by atoms with E-state index in [4.69, 9.17) is 0 Å². The molecule has 4 amide bonds. The molecule has 0 saturated carbocycles. The molecule has 1 fully saturated rings. The molecule has 1 saturated heterocycles. The van der Waals surface area contributed by atoms with E-state index < -0.39 is 6.03 Å². The zero-order valence-corrected chi connectivity index (χ0v) is 7.53. The lowest BCUT2D eigenvalue weighted by Crippen LogP contribution is -2.40. The van der Waals surface area contributed by atoms with Crippen LogP contribution in [-0.2, 0) is 9.59 Å². The molecule has 0 unspecified atom stereocenters. The third-order valence-corrected chi connectivity index (χ3v) is 1.73. The van der Waals surface area contributed by atoms with Crippen LogP contribution in [0.5, 0.6) is 0 Å². The van der Waals surface area contributed by atoms with Crippen LogP contribution in [0.1, 0.15) is 0 Å². The molecule has 0 atom stereocenters. The van der Waals surface area contributed by atoms with Gasteiger partial charge in [0.25, 0.3) is 5.91 Å². The number of likely N-dealkylation sites (N-methyl/N-ethyl adjacent to an activating group) is 1. The minimum Gasteiger partial charge on any atom is -0.347 e. The zero-order chi connectivity index (χ0) is 10.0. The number of carbonyl (C=O) groups excluding carboxylic acids is 3. The van der Waals surface area contributed by atoms with E-state index in [-0.39, 0.29) is 24.9 Å². The highest BCUT2D eigenvalue weighted by Crippen LogP contribution is 1.98. The average Bonchev–Trinajstić information content (AvgIpc) is 2.35. The van der Waals surface area contributed by atoms with E-state index in [1.165, 1.54) is 4.90 Å². The lowest BCUT2D eigenvalue weighted by Gasteiger charge is -2.15. The van der Waals surface area contributed by atoms with Gasteiger partial charge in [0.1, 0.15) is 6.54 Å². The standard InChI is InChI=1S/C7H11N3O3/c1-9(2)6(12)4-10-5(11)3-8-7(10)13/h3-4H2,1-2H3,(H,8,13). The Labute approximate surface area is 75.5 Å². The summed E-state index contributed by atoms with van der Waals surface area (Å²) in [7, 11) is 3.14. The van der Waals surface area contributed by atoms with Crippen LogP contribution in [0.15, 0.2) is 0 Å². The molecule has 1 aliphatic heterocycles. The number of imide groups is 1. The van der Waals surface area contributed by atoms with Gasteiger partial charge in [0, 0.05) is 14.1 Å². The highest BCUT2D eigenvalue weighted by atomic mass is 16.2. The predicted molar refractivity (Wildman–Crippen MR) is 43.8 cm³/mol. The molecular formula is C7H11N3O3. The summed E-state index contributed by atoms with van der Waals surface area (Å²) in [5.41, 5.74) is 0. The summed E-state index contributed by atoms with van der Waals surface area (Å²) in [6, 6.07) is -0.500. The Morgan fingerprint density at radius 1 is 1.54 bits per heavy atom. The smallest absolute Gasteiger partial charge is 0.325 e. The molecule has 1 rings (SSSR count). The number of amides is 4. The first-order chi connectivity index (χ1) is 6.02. The van der Waals surface area contributed by atoms with Crippen LogP contribution in [0.2, 0.25) is 0 Å².